The Hall–Kier alpha value is -6.51. The Balaban J connectivity index is 1.00. The number of carbonyl (C=O) groups is 4. The highest BCUT2D eigenvalue weighted by atomic mass is 19.1. The summed E-state index contributed by atoms with van der Waals surface area (Å²) in [5, 5.41) is 10.1. The molecule has 0 radical (unpaired) electrons. The molecule has 5 aromatic rings. The van der Waals surface area contributed by atoms with Crippen molar-refractivity contribution in [1.29, 1.82) is 0 Å². The highest BCUT2D eigenvalue weighted by molar-refractivity contribution is 6.05. The lowest BCUT2D eigenvalue weighted by atomic mass is 9.88. The zero-order valence-corrected chi connectivity index (χ0v) is 33.9. The average Bonchev–Trinajstić information content (AvgIpc) is 3.96. The third-order valence-corrected chi connectivity index (χ3v) is 11.8. The third kappa shape index (κ3) is 8.20. The van der Waals surface area contributed by atoms with Crippen LogP contribution in [0, 0.1) is 11.6 Å². The number of methoxy groups -OCH3 is 1. The van der Waals surface area contributed by atoms with Gasteiger partial charge in [-0.25, -0.2) is 8.78 Å². The Morgan fingerprint density at radius 3 is 2.48 bits per heavy atom. The van der Waals surface area contributed by atoms with E-state index in [1.54, 1.807) is 42.0 Å². The van der Waals surface area contributed by atoms with E-state index >= 15 is 8.78 Å². The molecule has 1 unspecified atom stereocenters. The van der Waals surface area contributed by atoms with Crippen LogP contribution in [0.5, 0.6) is 5.75 Å². The molecular weight excluding hydrogens is 771 g/mol. The van der Waals surface area contributed by atoms with Crippen molar-refractivity contribution in [2.45, 2.75) is 57.0 Å². The molecule has 3 aromatic carbocycles. The standard InChI is InChI=1S/C45H48F2N8O5/c1-52(2)45(59)38-23-34-31(22-33(42(47)43(34)50-38)29-6-4-17-54(26-29)41(57)15-21-55-18-5-16-48-55)27-7-9-30(10-8-27)53-19-13-28(14-20-53)32-24-39(60-3)37(25-35(32)46)49-36-11-12-40(56)51-44(36)58/h5-10,16,18,22-25,28,36,49-50H,4,11-15,17,19-21,26H2,1-3H3,(H,51,56,58). The number of benzene rings is 3. The second-order valence-corrected chi connectivity index (χ2v) is 15.8. The lowest BCUT2D eigenvalue weighted by molar-refractivity contribution is -0.134. The van der Waals surface area contributed by atoms with Crippen molar-refractivity contribution in [3.8, 4) is 16.9 Å². The fourth-order valence-electron chi connectivity index (χ4n) is 8.52. The Morgan fingerprint density at radius 1 is 1.00 bits per heavy atom. The minimum Gasteiger partial charge on any atom is -0.495 e. The van der Waals surface area contributed by atoms with Gasteiger partial charge in [-0.15, -0.1) is 0 Å². The number of piperidine rings is 2. The fraction of sp³-hybridized carbons (Fsp3) is 0.356. The lowest BCUT2D eigenvalue weighted by Gasteiger charge is -2.34. The Kier molecular flexibility index (Phi) is 11.4. The highest BCUT2D eigenvalue weighted by Gasteiger charge is 2.30. The minimum atomic E-state index is -0.665. The summed E-state index contributed by atoms with van der Waals surface area (Å²) in [6, 6.07) is 15.8. The first-order valence-electron chi connectivity index (χ1n) is 20.3. The number of amides is 4. The van der Waals surface area contributed by atoms with E-state index in [9.17, 15) is 19.2 Å². The van der Waals surface area contributed by atoms with Crippen LogP contribution in [0.1, 0.15) is 66.1 Å². The van der Waals surface area contributed by atoms with Crippen LogP contribution in [0.3, 0.4) is 0 Å². The average molecular weight is 819 g/mol. The minimum absolute atomic E-state index is 0.0294. The van der Waals surface area contributed by atoms with Crippen LogP contribution >= 0.6 is 0 Å². The number of rotatable bonds is 11. The summed E-state index contributed by atoms with van der Waals surface area (Å²) in [6.45, 7) is 2.64. The van der Waals surface area contributed by atoms with Gasteiger partial charge in [0.05, 0.1) is 18.3 Å². The molecule has 3 aliphatic rings. The topological polar surface area (TPSA) is 145 Å². The maximum absolute atomic E-state index is 16.6. The van der Waals surface area contributed by atoms with Crippen molar-refractivity contribution in [3.63, 3.8) is 0 Å². The quantitative estimate of drug-likeness (QED) is 0.131. The summed E-state index contributed by atoms with van der Waals surface area (Å²) in [4.78, 5) is 58.8. The van der Waals surface area contributed by atoms with E-state index in [4.69, 9.17) is 4.74 Å². The summed E-state index contributed by atoms with van der Waals surface area (Å²) in [5.74, 6) is -1.55. The number of halogens is 2. The number of fused-ring (bicyclic) bond motifs is 1. The summed E-state index contributed by atoms with van der Waals surface area (Å²) in [7, 11) is 4.80. The summed E-state index contributed by atoms with van der Waals surface area (Å²) in [5.41, 5.74) is 5.09. The maximum atomic E-state index is 16.6. The number of nitrogens with one attached hydrogen (secondary N) is 3. The number of aromatic amines is 1. The van der Waals surface area contributed by atoms with Gasteiger partial charge in [-0.05, 0) is 90.3 Å². The number of aromatic nitrogens is 3. The predicted octanol–water partition coefficient (Wildman–Crippen LogP) is 6.33. The lowest BCUT2D eigenvalue weighted by Crippen LogP contribution is -2.47. The van der Waals surface area contributed by atoms with E-state index in [0.29, 0.717) is 85.4 Å². The third-order valence-electron chi connectivity index (χ3n) is 11.8. The van der Waals surface area contributed by atoms with E-state index in [1.807, 2.05) is 48.7 Å². The molecule has 4 amide bonds. The molecule has 312 valence electrons. The van der Waals surface area contributed by atoms with Crippen molar-refractivity contribution < 1.29 is 32.7 Å². The van der Waals surface area contributed by atoms with Crippen molar-refractivity contribution >= 4 is 51.5 Å². The van der Waals surface area contributed by atoms with Crippen LogP contribution in [-0.4, -0.2) is 102 Å². The van der Waals surface area contributed by atoms with Crippen molar-refractivity contribution in [2.75, 3.05) is 57.6 Å². The SMILES string of the molecule is COc1cc(C2CCN(c3ccc(-c4cc(C5=CCCN(C(=O)CCn6cccn6)C5)c(F)c5[nH]c(C(=O)N(C)C)cc45)cc3)CC2)c(F)cc1NC1CCC(=O)NC1=O. The molecular formula is C45H48F2N8O5. The zero-order chi connectivity index (χ0) is 42.1. The van der Waals surface area contributed by atoms with E-state index < -0.39 is 17.8 Å². The second kappa shape index (κ2) is 17.0. The number of H-pyrrole nitrogens is 1. The molecule has 0 aliphatic carbocycles. The second-order valence-electron chi connectivity index (χ2n) is 15.8. The number of hydrogen-bond donors (Lipinski definition) is 3. The highest BCUT2D eigenvalue weighted by Crippen LogP contribution is 2.40. The van der Waals surface area contributed by atoms with Gasteiger partial charge >= 0.3 is 0 Å². The van der Waals surface area contributed by atoms with Gasteiger partial charge in [0.15, 0.2) is 5.82 Å². The molecule has 0 saturated carbocycles. The van der Waals surface area contributed by atoms with Gasteiger partial charge in [-0.2, -0.15) is 5.10 Å². The summed E-state index contributed by atoms with van der Waals surface area (Å²) < 4.78 is 39.6. The molecule has 13 nitrogen and oxygen atoms in total. The Bertz CT molecular complexity index is 2470. The van der Waals surface area contributed by atoms with Gasteiger partial charge in [-0.1, -0.05) is 18.2 Å². The normalized spacial score (nSPS) is 17.4. The van der Waals surface area contributed by atoms with Gasteiger partial charge in [0.1, 0.15) is 23.3 Å². The van der Waals surface area contributed by atoms with Crippen LogP contribution < -0.4 is 20.3 Å². The Morgan fingerprint density at radius 2 is 1.78 bits per heavy atom. The largest absolute Gasteiger partial charge is 0.495 e. The molecule has 3 N–H and O–H groups in total. The van der Waals surface area contributed by atoms with Crippen molar-refractivity contribution in [3.05, 3.63) is 102 Å². The van der Waals surface area contributed by atoms with Crippen molar-refractivity contribution in [1.82, 2.24) is 29.9 Å². The van der Waals surface area contributed by atoms with Gasteiger partial charge in [-0.3, -0.25) is 29.2 Å². The fourth-order valence-corrected chi connectivity index (χ4v) is 8.52. The summed E-state index contributed by atoms with van der Waals surface area (Å²) in [6.07, 6.45) is 8.26. The molecule has 3 aliphatic heterocycles. The van der Waals surface area contributed by atoms with Gasteiger partial charge < -0.3 is 29.7 Å². The molecule has 2 fully saturated rings. The summed E-state index contributed by atoms with van der Waals surface area (Å²) >= 11 is 0. The van der Waals surface area contributed by atoms with Crippen LogP contribution in [0.2, 0.25) is 0 Å². The predicted molar refractivity (Wildman–Crippen MR) is 225 cm³/mol. The number of anilines is 2. The Labute approximate surface area is 346 Å². The number of carbonyl (C=O) groups excluding carboxylic acids is 4. The van der Waals surface area contributed by atoms with E-state index in [1.165, 1.54) is 18.1 Å². The van der Waals surface area contributed by atoms with Gasteiger partial charge in [0.25, 0.3) is 5.91 Å². The number of imide groups is 1. The number of ether oxygens (including phenoxy) is 1. The molecule has 60 heavy (non-hydrogen) atoms. The molecule has 2 aromatic heterocycles. The molecule has 0 spiro atoms. The first-order chi connectivity index (χ1) is 29.0. The number of hydrogen-bond acceptors (Lipinski definition) is 8. The molecule has 5 heterocycles. The zero-order valence-electron chi connectivity index (χ0n) is 33.9. The molecule has 15 heteroatoms. The number of nitrogens with zero attached hydrogens (tertiary/aromatic N) is 5. The van der Waals surface area contributed by atoms with Crippen molar-refractivity contribution in [2.24, 2.45) is 0 Å². The van der Waals surface area contributed by atoms with E-state index in [0.717, 1.165) is 16.8 Å². The maximum Gasteiger partial charge on any atom is 0.269 e. The van der Waals surface area contributed by atoms with Crippen LogP contribution in [-0.2, 0) is 20.9 Å². The van der Waals surface area contributed by atoms with Crippen LogP contribution in [0.15, 0.2) is 73.1 Å². The molecule has 0 bridgehead atoms. The first-order valence-corrected chi connectivity index (χ1v) is 20.3. The number of aryl methyl sites for hydroxylation is 1. The van der Waals surface area contributed by atoms with E-state index in [2.05, 4.69) is 25.6 Å². The smallest absolute Gasteiger partial charge is 0.269 e. The van der Waals surface area contributed by atoms with Crippen LogP contribution in [0.4, 0.5) is 20.2 Å². The first kappa shape index (κ1) is 40.3. The van der Waals surface area contributed by atoms with Gasteiger partial charge in [0.2, 0.25) is 17.7 Å². The molecule has 2 saturated heterocycles. The monoisotopic (exact) mass is 818 g/mol. The van der Waals surface area contributed by atoms with Crippen LogP contribution in [0.25, 0.3) is 27.6 Å². The molecule has 1 atom stereocenters. The van der Waals surface area contributed by atoms with E-state index in [-0.39, 0.29) is 60.1 Å². The molecule has 8 rings (SSSR count). The van der Waals surface area contributed by atoms with Gasteiger partial charge in [0, 0.05) is 94.8 Å².